The van der Waals surface area contributed by atoms with Gasteiger partial charge in [0.15, 0.2) is 0 Å². The molecule has 2 rings (SSSR count). The fourth-order valence-electron chi connectivity index (χ4n) is 1.98. The van der Waals surface area contributed by atoms with Gasteiger partial charge in [0.05, 0.1) is 6.61 Å². The lowest BCUT2D eigenvalue weighted by molar-refractivity contribution is -0.131. The van der Waals surface area contributed by atoms with Crippen LogP contribution in [0.15, 0.2) is 24.3 Å². The van der Waals surface area contributed by atoms with E-state index in [-0.39, 0.29) is 0 Å². The topological polar surface area (TPSA) is 46.5 Å². The van der Waals surface area contributed by atoms with Crippen LogP contribution in [0.2, 0.25) is 0 Å². The smallest absolute Gasteiger partial charge is 0.328 e. The van der Waals surface area contributed by atoms with E-state index in [2.05, 4.69) is 6.92 Å². The summed E-state index contributed by atoms with van der Waals surface area (Å²) in [7, 11) is 0. The third kappa shape index (κ3) is 1.94. The summed E-state index contributed by atoms with van der Waals surface area (Å²) in [5.41, 5.74) is 2.91. The molecule has 0 unspecified atom stereocenters. The molecule has 0 radical (unpaired) electrons. The first-order valence-corrected chi connectivity index (χ1v) is 5.41. The lowest BCUT2D eigenvalue weighted by atomic mass is 9.96. The zero-order valence-electron chi connectivity index (χ0n) is 9.19. The normalized spacial score (nSPS) is 16.7. The van der Waals surface area contributed by atoms with E-state index in [9.17, 15) is 4.79 Å². The molecule has 84 valence electrons. The Hall–Kier alpha value is -1.77. The summed E-state index contributed by atoms with van der Waals surface area (Å²) in [5, 5.41) is 8.80. The molecule has 0 saturated heterocycles. The summed E-state index contributed by atoms with van der Waals surface area (Å²) in [6.45, 7) is 2.62. The van der Waals surface area contributed by atoms with Crippen LogP contribution in [-0.2, 0) is 11.2 Å². The maximum atomic E-state index is 10.7. The van der Waals surface area contributed by atoms with E-state index in [1.165, 1.54) is 6.08 Å². The number of carboxylic acids is 1. The van der Waals surface area contributed by atoms with Crippen molar-refractivity contribution in [2.45, 2.75) is 19.8 Å². The molecule has 3 nitrogen and oxygen atoms in total. The molecule has 3 heteroatoms. The second-order valence-electron chi connectivity index (χ2n) is 3.75. The molecule has 0 spiro atoms. The van der Waals surface area contributed by atoms with Crippen LogP contribution >= 0.6 is 0 Å². The second kappa shape index (κ2) is 4.39. The SMILES string of the molecule is CCc1cccc2c1OCC/C2=C\C(=O)O. The first-order chi connectivity index (χ1) is 7.72. The molecule has 0 aromatic heterocycles. The molecule has 1 aliphatic heterocycles. The monoisotopic (exact) mass is 218 g/mol. The molecule has 0 atom stereocenters. The van der Waals surface area contributed by atoms with Crippen molar-refractivity contribution < 1.29 is 14.6 Å². The van der Waals surface area contributed by atoms with Gasteiger partial charge in [0.25, 0.3) is 0 Å². The number of rotatable bonds is 2. The quantitative estimate of drug-likeness (QED) is 0.776. The van der Waals surface area contributed by atoms with Crippen LogP contribution in [0.1, 0.15) is 24.5 Å². The summed E-state index contributed by atoms with van der Waals surface area (Å²) < 4.78 is 5.62. The highest BCUT2D eigenvalue weighted by Gasteiger charge is 2.18. The van der Waals surface area contributed by atoms with Crippen molar-refractivity contribution in [3.05, 3.63) is 35.4 Å². The summed E-state index contributed by atoms with van der Waals surface area (Å²) in [6.07, 6.45) is 2.83. The number of para-hydroxylation sites is 1. The number of hydrogen-bond donors (Lipinski definition) is 1. The average Bonchev–Trinajstić information content (AvgIpc) is 2.28. The molecular weight excluding hydrogens is 204 g/mol. The third-order valence-electron chi connectivity index (χ3n) is 2.74. The molecule has 1 aliphatic rings. The summed E-state index contributed by atoms with van der Waals surface area (Å²) in [4.78, 5) is 10.7. The minimum absolute atomic E-state index is 0.559. The van der Waals surface area contributed by atoms with Gasteiger partial charge in [-0.2, -0.15) is 0 Å². The molecule has 1 aromatic carbocycles. The van der Waals surface area contributed by atoms with Crippen LogP contribution in [0.3, 0.4) is 0 Å². The molecule has 1 N–H and O–H groups in total. The lowest BCUT2D eigenvalue weighted by Crippen LogP contribution is -2.10. The molecule has 0 fully saturated rings. The number of benzene rings is 1. The maximum absolute atomic E-state index is 10.7. The van der Waals surface area contributed by atoms with Crippen LogP contribution in [0.4, 0.5) is 0 Å². The highest BCUT2D eigenvalue weighted by atomic mass is 16.5. The van der Waals surface area contributed by atoms with Gasteiger partial charge in [-0.3, -0.25) is 0 Å². The van der Waals surface area contributed by atoms with Gasteiger partial charge in [0.2, 0.25) is 0 Å². The third-order valence-corrected chi connectivity index (χ3v) is 2.74. The fraction of sp³-hybridized carbons (Fsp3) is 0.308. The standard InChI is InChI=1S/C13H14O3/c1-2-9-4-3-5-11-10(8-12(14)15)6-7-16-13(9)11/h3-5,8H,2,6-7H2,1H3,(H,14,15)/b10-8+. The molecule has 0 bridgehead atoms. The van der Waals surface area contributed by atoms with E-state index in [4.69, 9.17) is 9.84 Å². The van der Waals surface area contributed by atoms with E-state index in [1.807, 2.05) is 18.2 Å². The van der Waals surface area contributed by atoms with Gasteiger partial charge in [-0.05, 0) is 17.6 Å². The van der Waals surface area contributed by atoms with Crippen molar-refractivity contribution in [1.82, 2.24) is 0 Å². The number of aryl methyl sites for hydroxylation is 1. The molecule has 0 amide bonds. The predicted molar refractivity (Wildman–Crippen MR) is 61.5 cm³/mol. The largest absolute Gasteiger partial charge is 0.492 e. The van der Waals surface area contributed by atoms with Gasteiger partial charge in [-0.15, -0.1) is 0 Å². The summed E-state index contributed by atoms with van der Waals surface area (Å²) in [5.74, 6) is -0.0477. The van der Waals surface area contributed by atoms with E-state index in [0.717, 1.165) is 28.9 Å². The Kier molecular flexibility index (Phi) is 2.95. The van der Waals surface area contributed by atoms with Crippen LogP contribution in [-0.4, -0.2) is 17.7 Å². The zero-order valence-corrected chi connectivity index (χ0v) is 9.19. The molecule has 0 saturated carbocycles. The number of fused-ring (bicyclic) bond motifs is 1. The minimum Gasteiger partial charge on any atom is -0.492 e. The van der Waals surface area contributed by atoms with Gasteiger partial charge < -0.3 is 9.84 Å². The minimum atomic E-state index is -0.898. The maximum Gasteiger partial charge on any atom is 0.328 e. The van der Waals surface area contributed by atoms with Crippen LogP contribution < -0.4 is 4.74 Å². The number of ether oxygens (including phenoxy) is 1. The summed E-state index contributed by atoms with van der Waals surface area (Å²) in [6, 6.07) is 5.88. The Bertz CT molecular complexity index is 446. The van der Waals surface area contributed by atoms with Crippen molar-refractivity contribution in [3.8, 4) is 5.75 Å². The lowest BCUT2D eigenvalue weighted by Gasteiger charge is -2.22. The van der Waals surface area contributed by atoms with Crippen molar-refractivity contribution in [1.29, 1.82) is 0 Å². The first-order valence-electron chi connectivity index (χ1n) is 5.41. The van der Waals surface area contributed by atoms with Crippen molar-refractivity contribution in [2.24, 2.45) is 0 Å². The van der Waals surface area contributed by atoms with Crippen LogP contribution in [0.5, 0.6) is 5.75 Å². The Balaban J connectivity index is 2.51. The predicted octanol–water partition coefficient (Wildman–Crippen LogP) is 2.50. The van der Waals surface area contributed by atoms with Crippen molar-refractivity contribution >= 4 is 11.5 Å². The van der Waals surface area contributed by atoms with Gasteiger partial charge in [0, 0.05) is 18.1 Å². The molecule has 1 aromatic rings. The Labute approximate surface area is 94.4 Å². The highest BCUT2D eigenvalue weighted by Crippen LogP contribution is 2.35. The zero-order chi connectivity index (χ0) is 11.5. The summed E-state index contributed by atoms with van der Waals surface area (Å²) >= 11 is 0. The van der Waals surface area contributed by atoms with Crippen LogP contribution in [0, 0.1) is 0 Å². The van der Waals surface area contributed by atoms with E-state index in [0.29, 0.717) is 13.0 Å². The van der Waals surface area contributed by atoms with E-state index in [1.54, 1.807) is 0 Å². The van der Waals surface area contributed by atoms with Gasteiger partial charge in [-0.1, -0.05) is 25.1 Å². The van der Waals surface area contributed by atoms with E-state index < -0.39 is 5.97 Å². The number of carbonyl (C=O) groups is 1. The van der Waals surface area contributed by atoms with E-state index >= 15 is 0 Å². The van der Waals surface area contributed by atoms with Crippen molar-refractivity contribution in [3.63, 3.8) is 0 Å². The second-order valence-corrected chi connectivity index (χ2v) is 3.75. The van der Waals surface area contributed by atoms with Crippen LogP contribution in [0.25, 0.3) is 5.57 Å². The van der Waals surface area contributed by atoms with Gasteiger partial charge in [0.1, 0.15) is 5.75 Å². The number of hydrogen-bond acceptors (Lipinski definition) is 2. The molecular formula is C13H14O3. The molecule has 0 aliphatic carbocycles. The number of aliphatic carboxylic acids is 1. The van der Waals surface area contributed by atoms with Gasteiger partial charge >= 0.3 is 5.97 Å². The Morgan fingerprint density at radius 1 is 1.56 bits per heavy atom. The Morgan fingerprint density at radius 2 is 2.38 bits per heavy atom. The molecule has 1 heterocycles. The Morgan fingerprint density at radius 3 is 3.06 bits per heavy atom. The first kappa shape index (κ1) is 10.7. The number of carboxylic acid groups (broad SMARTS) is 1. The van der Waals surface area contributed by atoms with Gasteiger partial charge in [-0.25, -0.2) is 4.79 Å². The average molecular weight is 218 g/mol. The fourth-order valence-corrected chi connectivity index (χ4v) is 1.98. The molecule has 16 heavy (non-hydrogen) atoms. The van der Waals surface area contributed by atoms with Crippen molar-refractivity contribution in [2.75, 3.05) is 6.61 Å². The highest BCUT2D eigenvalue weighted by molar-refractivity contribution is 5.91.